The average molecular weight is 566 g/mol. The molecular formula is C35H51NO5. The van der Waals surface area contributed by atoms with Gasteiger partial charge in [0.2, 0.25) is 0 Å². The maximum atomic E-state index is 9.60. The normalized spacial score (nSPS) is 15.2. The molecule has 2 aliphatic rings. The van der Waals surface area contributed by atoms with E-state index in [1.807, 2.05) is 39.8 Å². The van der Waals surface area contributed by atoms with Crippen molar-refractivity contribution < 1.29 is 24.4 Å². The Balaban J connectivity index is 0.000000275. The van der Waals surface area contributed by atoms with Crippen LogP contribution in [0.4, 0.5) is 0 Å². The molecule has 0 aromatic heterocycles. The number of rotatable bonds is 12. The number of benzene rings is 2. The molecule has 41 heavy (non-hydrogen) atoms. The Bertz CT molecular complexity index is 1140. The fourth-order valence-corrected chi connectivity index (χ4v) is 4.71. The Kier molecular flexibility index (Phi) is 15.7. The summed E-state index contributed by atoms with van der Waals surface area (Å²) in [5.74, 6) is 1.72. The number of phenolic OH excluding ortho intramolecular Hbond substituents is 2. The minimum absolute atomic E-state index is 0.138. The Labute approximate surface area is 248 Å². The summed E-state index contributed by atoms with van der Waals surface area (Å²) in [6, 6.07) is 10.2. The standard InChI is InChI=1S/C17H14O4.C16H31NO.C2H6/c1-9-17-13-5-3-10(18)6-15(13)20-8-14(17)12-4-2-11(19)7-16(12)21-9;1-4-6-8-10-12-15-18-16-14-17(3)13-11-9-7-5-2;1-2/h2-7,9,18-19H,8H2,1H3;4,6,10,12H,5,7-9,11,13-16H2,1-3H3;1-2H3/b;6-4-,12-10-;. The number of hydrogen-bond donors (Lipinski definition) is 2. The van der Waals surface area contributed by atoms with Crippen LogP contribution < -0.4 is 9.47 Å². The molecule has 0 amide bonds. The van der Waals surface area contributed by atoms with Gasteiger partial charge in [0.1, 0.15) is 35.7 Å². The number of hydrogen-bond acceptors (Lipinski definition) is 6. The molecular weight excluding hydrogens is 514 g/mol. The quantitative estimate of drug-likeness (QED) is 0.199. The van der Waals surface area contributed by atoms with Crippen LogP contribution in [0.1, 0.15) is 77.8 Å². The Morgan fingerprint density at radius 1 is 0.927 bits per heavy atom. The predicted molar refractivity (Wildman–Crippen MR) is 171 cm³/mol. The molecule has 2 aromatic rings. The summed E-state index contributed by atoms with van der Waals surface area (Å²) in [7, 11) is 2.18. The van der Waals surface area contributed by atoms with Crippen LogP contribution in [0.2, 0.25) is 0 Å². The first-order valence-electron chi connectivity index (χ1n) is 15.2. The molecule has 2 aliphatic heterocycles. The Morgan fingerprint density at radius 3 is 2.34 bits per heavy atom. The Morgan fingerprint density at radius 2 is 1.63 bits per heavy atom. The SMILES string of the molecule is C/C=C\C/C=C\COCCN(C)CCCCCC.CC.CC1Oc2cc(O)ccc2C2=C1c1ccc(O)cc1OC2. The van der Waals surface area contributed by atoms with Crippen molar-refractivity contribution in [2.45, 2.75) is 72.8 Å². The third-order valence-electron chi connectivity index (χ3n) is 6.85. The lowest BCUT2D eigenvalue weighted by Crippen LogP contribution is -2.25. The van der Waals surface area contributed by atoms with E-state index >= 15 is 0 Å². The number of fused-ring (bicyclic) bond motifs is 4. The second kappa shape index (κ2) is 19.0. The molecule has 0 spiro atoms. The predicted octanol–water partition coefficient (Wildman–Crippen LogP) is 8.25. The molecule has 1 unspecified atom stereocenters. The third kappa shape index (κ3) is 10.9. The molecule has 2 N–H and O–H groups in total. The summed E-state index contributed by atoms with van der Waals surface area (Å²) >= 11 is 0. The van der Waals surface area contributed by atoms with Crippen molar-refractivity contribution in [3.05, 3.63) is 71.8 Å². The fraction of sp³-hybridized carbons (Fsp3) is 0.486. The van der Waals surface area contributed by atoms with Crippen LogP contribution in [0, 0.1) is 0 Å². The summed E-state index contributed by atoms with van der Waals surface area (Å²) < 4.78 is 17.3. The van der Waals surface area contributed by atoms with E-state index in [-0.39, 0.29) is 17.6 Å². The number of likely N-dealkylation sites (N-methyl/N-ethyl adjacent to an activating group) is 1. The van der Waals surface area contributed by atoms with Gasteiger partial charge >= 0.3 is 0 Å². The van der Waals surface area contributed by atoms with Gasteiger partial charge in [-0.15, -0.1) is 0 Å². The summed E-state index contributed by atoms with van der Waals surface area (Å²) in [6.45, 7) is 14.5. The van der Waals surface area contributed by atoms with Crippen LogP contribution in [0.5, 0.6) is 23.0 Å². The van der Waals surface area contributed by atoms with Crippen LogP contribution in [-0.2, 0) is 4.74 Å². The van der Waals surface area contributed by atoms with Crippen molar-refractivity contribution >= 4 is 11.1 Å². The molecule has 0 bridgehead atoms. The van der Waals surface area contributed by atoms with Crippen molar-refractivity contribution in [1.29, 1.82) is 0 Å². The monoisotopic (exact) mass is 565 g/mol. The maximum absolute atomic E-state index is 9.60. The van der Waals surface area contributed by atoms with Gasteiger partial charge in [-0.25, -0.2) is 0 Å². The topological polar surface area (TPSA) is 71.4 Å². The molecule has 0 saturated carbocycles. The lowest BCUT2D eigenvalue weighted by Gasteiger charge is -2.33. The molecule has 226 valence electrons. The summed E-state index contributed by atoms with van der Waals surface area (Å²) in [5.41, 5.74) is 4.04. The maximum Gasteiger partial charge on any atom is 0.131 e. The van der Waals surface area contributed by atoms with Gasteiger partial charge in [0, 0.05) is 41.0 Å². The molecule has 1 atom stereocenters. The number of nitrogens with zero attached hydrogens (tertiary/aromatic N) is 1. The number of phenols is 2. The van der Waals surface area contributed by atoms with Crippen molar-refractivity contribution in [3.63, 3.8) is 0 Å². The highest BCUT2D eigenvalue weighted by Gasteiger charge is 2.32. The fourth-order valence-electron chi connectivity index (χ4n) is 4.71. The van der Waals surface area contributed by atoms with E-state index in [9.17, 15) is 10.2 Å². The summed E-state index contributed by atoms with van der Waals surface area (Å²) in [4.78, 5) is 2.36. The molecule has 0 saturated heterocycles. The van der Waals surface area contributed by atoms with E-state index in [1.54, 1.807) is 24.3 Å². The summed E-state index contributed by atoms with van der Waals surface area (Å²) in [6.07, 6.45) is 14.7. The zero-order chi connectivity index (χ0) is 30.0. The number of unbranched alkanes of at least 4 members (excludes halogenated alkanes) is 3. The Hall–Kier alpha value is -3.22. The molecule has 4 rings (SSSR count). The average Bonchev–Trinajstić information content (AvgIpc) is 2.97. The third-order valence-corrected chi connectivity index (χ3v) is 6.85. The zero-order valence-corrected chi connectivity index (χ0v) is 26.0. The first-order chi connectivity index (χ1) is 19.9. The van der Waals surface area contributed by atoms with Gasteiger partial charge in [-0.3, -0.25) is 0 Å². The lowest BCUT2D eigenvalue weighted by atomic mass is 9.87. The molecule has 2 aromatic carbocycles. The zero-order valence-electron chi connectivity index (χ0n) is 26.0. The van der Waals surface area contributed by atoms with Crippen LogP contribution in [0.3, 0.4) is 0 Å². The largest absolute Gasteiger partial charge is 0.508 e. The minimum Gasteiger partial charge on any atom is -0.508 e. The van der Waals surface area contributed by atoms with E-state index in [2.05, 4.69) is 43.2 Å². The van der Waals surface area contributed by atoms with Gasteiger partial charge < -0.3 is 29.3 Å². The highest BCUT2D eigenvalue weighted by molar-refractivity contribution is 5.99. The van der Waals surface area contributed by atoms with Gasteiger partial charge in [0.25, 0.3) is 0 Å². The van der Waals surface area contributed by atoms with Gasteiger partial charge in [0.05, 0.1) is 13.2 Å². The van der Waals surface area contributed by atoms with Gasteiger partial charge in [-0.2, -0.15) is 0 Å². The highest BCUT2D eigenvalue weighted by Crippen LogP contribution is 2.47. The lowest BCUT2D eigenvalue weighted by molar-refractivity contribution is 0.133. The van der Waals surface area contributed by atoms with Gasteiger partial charge in [0.15, 0.2) is 0 Å². The van der Waals surface area contributed by atoms with Crippen molar-refractivity contribution in [2.24, 2.45) is 0 Å². The van der Waals surface area contributed by atoms with E-state index < -0.39 is 0 Å². The second-order valence-corrected chi connectivity index (χ2v) is 10.0. The molecule has 2 heterocycles. The van der Waals surface area contributed by atoms with Crippen LogP contribution in [0.25, 0.3) is 11.1 Å². The van der Waals surface area contributed by atoms with E-state index in [0.717, 1.165) is 48.5 Å². The minimum atomic E-state index is -0.138. The van der Waals surface area contributed by atoms with Gasteiger partial charge in [-0.05, 0) is 64.5 Å². The number of allylic oxidation sites excluding steroid dienone is 3. The molecule has 0 fully saturated rings. The van der Waals surface area contributed by atoms with Crippen LogP contribution in [0.15, 0.2) is 60.7 Å². The van der Waals surface area contributed by atoms with Crippen molar-refractivity contribution in [2.75, 3.05) is 40.0 Å². The molecule has 6 nitrogen and oxygen atoms in total. The van der Waals surface area contributed by atoms with Gasteiger partial charge in [-0.1, -0.05) is 64.3 Å². The van der Waals surface area contributed by atoms with Crippen molar-refractivity contribution in [3.8, 4) is 23.0 Å². The van der Waals surface area contributed by atoms with Crippen molar-refractivity contribution in [1.82, 2.24) is 4.90 Å². The number of ether oxygens (including phenoxy) is 3. The highest BCUT2D eigenvalue weighted by atomic mass is 16.5. The molecule has 6 heteroatoms. The van der Waals surface area contributed by atoms with Crippen LogP contribution in [-0.4, -0.2) is 61.2 Å². The smallest absolute Gasteiger partial charge is 0.131 e. The number of aromatic hydroxyl groups is 2. The molecule has 0 aliphatic carbocycles. The van der Waals surface area contributed by atoms with E-state index in [0.29, 0.717) is 18.1 Å². The first-order valence-corrected chi connectivity index (χ1v) is 15.2. The second-order valence-electron chi connectivity index (χ2n) is 10.0. The first kappa shape index (κ1) is 34.0. The molecule has 0 radical (unpaired) electrons. The van der Waals surface area contributed by atoms with Crippen LogP contribution >= 0.6 is 0 Å². The van der Waals surface area contributed by atoms with E-state index in [4.69, 9.17) is 14.2 Å². The summed E-state index contributed by atoms with van der Waals surface area (Å²) in [5, 5.41) is 19.2. The van der Waals surface area contributed by atoms with E-state index in [1.165, 1.54) is 32.2 Å².